The number of nitrogens with zero attached hydrogens (tertiary/aromatic N) is 3. The van der Waals surface area contributed by atoms with E-state index in [4.69, 9.17) is 16.3 Å². The van der Waals surface area contributed by atoms with Crippen molar-refractivity contribution in [3.63, 3.8) is 0 Å². The van der Waals surface area contributed by atoms with Crippen molar-refractivity contribution in [2.24, 2.45) is 0 Å². The van der Waals surface area contributed by atoms with Gasteiger partial charge >= 0.3 is 0 Å². The van der Waals surface area contributed by atoms with Crippen molar-refractivity contribution in [2.75, 3.05) is 6.61 Å². The predicted octanol–water partition coefficient (Wildman–Crippen LogP) is 2.54. The molecule has 1 saturated heterocycles. The molecule has 0 amide bonds. The summed E-state index contributed by atoms with van der Waals surface area (Å²) in [4.78, 5) is 12.2. The average molecular weight is 307 g/mol. The summed E-state index contributed by atoms with van der Waals surface area (Å²) in [7, 11) is 0. The van der Waals surface area contributed by atoms with Crippen LogP contribution in [0.2, 0.25) is 5.15 Å². The first-order valence-electron chi connectivity index (χ1n) is 6.95. The molecule has 2 atom stereocenters. The normalized spacial score (nSPS) is 22.6. The summed E-state index contributed by atoms with van der Waals surface area (Å²) in [5, 5.41) is 10.5. The zero-order valence-electron chi connectivity index (χ0n) is 11.5. The molecule has 3 aromatic heterocycles. The summed E-state index contributed by atoms with van der Waals surface area (Å²) < 4.78 is 7.70. The Balaban J connectivity index is 1.88. The molecule has 0 radical (unpaired) electrons. The molecule has 4 heterocycles. The first-order valence-corrected chi connectivity index (χ1v) is 7.33. The Morgan fingerprint density at radius 1 is 1.52 bits per heavy atom. The third-order valence-corrected chi connectivity index (χ3v) is 4.27. The number of aliphatic hydroxyl groups is 1. The molecule has 6 nitrogen and oxygen atoms in total. The fraction of sp³-hybridized carbons (Fsp3) is 0.429. The molecule has 1 aliphatic rings. The largest absolute Gasteiger partial charge is 0.394 e. The van der Waals surface area contributed by atoms with Crippen molar-refractivity contribution in [3.05, 3.63) is 23.2 Å². The van der Waals surface area contributed by atoms with E-state index in [9.17, 15) is 5.11 Å². The minimum atomic E-state index is -0.149. The van der Waals surface area contributed by atoms with Crippen molar-refractivity contribution < 1.29 is 9.84 Å². The highest BCUT2D eigenvalue weighted by Gasteiger charge is 2.28. The second-order valence-electron chi connectivity index (χ2n) is 5.44. The van der Waals surface area contributed by atoms with Gasteiger partial charge in [-0.05, 0) is 25.8 Å². The van der Waals surface area contributed by atoms with Crippen LogP contribution in [0.3, 0.4) is 0 Å². The molecule has 3 aromatic rings. The summed E-state index contributed by atoms with van der Waals surface area (Å²) in [5.74, 6) is 0. The number of halogens is 1. The van der Waals surface area contributed by atoms with Crippen molar-refractivity contribution >= 4 is 33.7 Å². The van der Waals surface area contributed by atoms with Gasteiger partial charge in [0.15, 0.2) is 5.65 Å². The van der Waals surface area contributed by atoms with E-state index in [0.29, 0.717) is 10.8 Å². The molecule has 7 heteroatoms. The maximum absolute atomic E-state index is 9.19. The number of aliphatic hydroxyl groups excluding tert-OH is 1. The lowest BCUT2D eigenvalue weighted by molar-refractivity contribution is -0.0207. The van der Waals surface area contributed by atoms with E-state index >= 15 is 0 Å². The number of aromatic amines is 1. The maximum Gasteiger partial charge on any atom is 0.165 e. The first kappa shape index (κ1) is 13.1. The van der Waals surface area contributed by atoms with Gasteiger partial charge in [-0.1, -0.05) is 11.6 Å². The van der Waals surface area contributed by atoms with Crippen LogP contribution in [0.25, 0.3) is 22.1 Å². The van der Waals surface area contributed by atoms with Gasteiger partial charge in [-0.2, -0.15) is 0 Å². The molecule has 110 valence electrons. The Morgan fingerprint density at radius 3 is 3.14 bits per heavy atom. The zero-order valence-corrected chi connectivity index (χ0v) is 12.3. The molecular formula is C14H15ClN4O2. The van der Waals surface area contributed by atoms with Crippen molar-refractivity contribution in [1.29, 1.82) is 0 Å². The smallest absolute Gasteiger partial charge is 0.165 e. The van der Waals surface area contributed by atoms with Gasteiger partial charge in [-0.25, -0.2) is 9.97 Å². The van der Waals surface area contributed by atoms with Crippen molar-refractivity contribution in [2.45, 2.75) is 32.1 Å². The number of imidazole rings is 1. The third-order valence-electron chi connectivity index (χ3n) is 3.98. The Labute approximate surface area is 125 Å². The summed E-state index contributed by atoms with van der Waals surface area (Å²) in [6.45, 7) is 2.02. The summed E-state index contributed by atoms with van der Waals surface area (Å²) in [5.41, 5.74) is 3.42. The standard InChI is InChI=1S/C14H15ClN4O2/c1-7-4-9-11(17-7)12-14(18-13(9)15)19(6-16-12)10-3-2-8(5-20)21-10/h4,6,8,10,17,20H,2-3,5H2,1H3. The molecule has 0 aliphatic carbocycles. The predicted molar refractivity (Wildman–Crippen MR) is 79.4 cm³/mol. The number of aryl methyl sites for hydroxylation is 1. The summed E-state index contributed by atoms with van der Waals surface area (Å²) in [6, 6.07) is 1.97. The number of hydrogen-bond donors (Lipinski definition) is 2. The van der Waals surface area contributed by atoms with Gasteiger partial charge in [0.2, 0.25) is 0 Å². The molecular weight excluding hydrogens is 292 g/mol. The van der Waals surface area contributed by atoms with Crippen LogP contribution >= 0.6 is 11.6 Å². The fourth-order valence-corrected chi connectivity index (χ4v) is 3.20. The van der Waals surface area contributed by atoms with Crippen molar-refractivity contribution in [3.8, 4) is 0 Å². The van der Waals surface area contributed by atoms with Crippen LogP contribution in [-0.4, -0.2) is 37.3 Å². The van der Waals surface area contributed by atoms with Crippen molar-refractivity contribution in [1.82, 2.24) is 19.5 Å². The van der Waals surface area contributed by atoms with Gasteiger partial charge in [0.1, 0.15) is 16.9 Å². The molecule has 1 aliphatic heterocycles. The first-order chi connectivity index (χ1) is 10.2. The molecule has 1 fully saturated rings. The number of nitrogens with one attached hydrogen (secondary N) is 1. The SMILES string of the molecule is Cc1cc2c(Cl)nc3c(ncn3C3CCC(CO)O3)c2[nH]1. The minimum Gasteiger partial charge on any atom is -0.394 e. The summed E-state index contributed by atoms with van der Waals surface area (Å²) >= 11 is 6.29. The highest BCUT2D eigenvalue weighted by Crippen LogP contribution is 2.33. The van der Waals surface area contributed by atoms with Crippen LogP contribution in [0.15, 0.2) is 12.4 Å². The number of hydrogen-bond acceptors (Lipinski definition) is 4. The van der Waals surface area contributed by atoms with Gasteiger partial charge in [0.05, 0.1) is 24.6 Å². The molecule has 2 N–H and O–H groups in total. The van der Waals surface area contributed by atoms with Crippen LogP contribution in [0, 0.1) is 6.92 Å². The Hall–Kier alpha value is -1.63. The van der Waals surface area contributed by atoms with E-state index in [1.807, 2.05) is 17.6 Å². The zero-order chi connectivity index (χ0) is 14.6. The van der Waals surface area contributed by atoms with Gasteiger partial charge < -0.3 is 14.8 Å². The molecule has 4 rings (SSSR count). The second kappa shape index (κ2) is 4.69. The Morgan fingerprint density at radius 2 is 2.38 bits per heavy atom. The maximum atomic E-state index is 9.19. The number of H-pyrrole nitrogens is 1. The average Bonchev–Trinajstić information content (AvgIpc) is 3.14. The summed E-state index contributed by atoms with van der Waals surface area (Å²) in [6.07, 6.45) is 3.13. The lowest BCUT2D eigenvalue weighted by Gasteiger charge is -2.13. The highest BCUT2D eigenvalue weighted by molar-refractivity contribution is 6.35. The number of fused-ring (bicyclic) bond motifs is 3. The monoisotopic (exact) mass is 306 g/mol. The van der Waals surface area contributed by atoms with Gasteiger partial charge in [0, 0.05) is 11.1 Å². The second-order valence-corrected chi connectivity index (χ2v) is 5.80. The van der Waals surface area contributed by atoms with Crippen LogP contribution in [0.1, 0.15) is 24.8 Å². The Bertz CT molecular complexity index is 825. The number of aromatic nitrogens is 4. The lowest BCUT2D eigenvalue weighted by Crippen LogP contribution is -2.14. The van der Waals surface area contributed by atoms with E-state index in [1.54, 1.807) is 6.33 Å². The van der Waals surface area contributed by atoms with Crippen LogP contribution in [0.5, 0.6) is 0 Å². The van der Waals surface area contributed by atoms with Gasteiger partial charge in [0.25, 0.3) is 0 Å². The van der Waals surface area contributed by atoms with E-state index in [2.05, 4.69) is 15.0 Å². The number of ether oxygens (including phenoxy) is 1. The molecule has 2 unspecified atom stereocenters. The van der Waals surface area contributed by atoms with Gasteiger partial charge in [-0.3, -0.25) is 4.57 Å². The fourth-order valence-electron chi connectivity index (χ4n) is 2.97. The Kier molecular flexibility index (Phi) is 2.92. The van der Waals surface area contributed by atoms with E-state index in [1.165, 1.54) is 0 Å². The highest BCUT2D eigenvalue weighted by atomic mass is 35.5. The number of pyridine rings is 1. The quantitative estimate of drug-likeness (QED) is 0.713. The van der Waals surface area contributed by atoms with Crippen LogP contribution in [0.4, 0.5) is 0 Å². The molecule has 0 bridgehead atoms. The molecule has 0 spiro atoms. The van der Waals surface area contributed by atoms with Crippen LogP contribution < -0.4 is 0 Å². The third kappa shape index (κ3) is 1.94. The van der Waals surface area contributed by atoms with E-state index < -0.39 is 0 Å². The number of rotatable bonds is 2. The van der Waals surface area contributed by atoms with Gasteiger partial charge in [-0.15, -0.1) is 0 Å². The van der Waals surface area contributed by atoms with E-state index in [0.717, 1.165) is 35.0 Å². The lowest BCUT2D eigenvalue weighted by atomic mass is 10.2. The minimum absolute atomic E-state index is 0.0391. The molecule has 0 aromatic carbocycles. The molecule has 21 heavy (non-hydrogen) atoms. The van der Waals surface area contributed by atoms with Crippen LogP contribution in [-0.2, 0) is 4.74 Å². The van der Waals surface area contributed by atoms with E-state index in [-0.39, 0.29) is 18.9 Å². The molecule has 0 saturated carbocycles. The topological polar surface area (TPSA) is 76.0 Å².